The van der Waals surface area contributed by atoms with E-state index >= 15 is 0 Å². The van der Waals surface area contributed by atoms with Gasteiger partial charge < -0.3 is 15.2 Å². The third-order valence-corrected chi connectivity index (χ3v) is 3.44. The summed E-state index contributed by atoms with van der Waals surface area (Å²) in [5.74, 6) is 0.505. The van der Waals surface area contributed by atoms with Crippen LogP contribution in [0.15, 0.2) is 0 Å². The van der Waals surface area contributed by atoms with Gasteiger partial charge in [-0.15, -0.1) is 0 Å². The van der Waals surface area contributed by atoms with Crippen molar-refractivity contribution in [3.63, 3.8) is 0 Å². The summed E-state index contributed by atoms with van der Waals surface area (Å²) in [5, 5.41) is 12.2. The summed E-state index contributed by atoms with van der Waals surface area (Å²) in [7, 11) is 1.99. The van der Waals surface area contributed by atoms with Crippen LogP contribution in [-0.4, -0.2) is 36.9 Å². The van der Waals surface area contributed by atoms with Crippen LogP contribution in [0.3, 0.4) is 0 Å². The van der Waals surface area contributed by atoms with Crippen LogP contribution >= 0.6 is 0 Å². The van der Waals surface area contributed by atoms with Gasteiger partial charge in [0.05, 0.1) is 0 Å². The van der Waals surface area contributed by atoms with E-state index in [0.29, 0.717) is 30.5 Å². The lowest BCUT2D eigenvalue weighted by molar-refractivity contribution is -0.138. The summed E-state index contributed by atoms with van der Waals surface area (Å²) >= 11 is 0. The molecule has 0 heterocycles. The molecule has 2 N–H and O–H groups in total. The molecule has 0 spiro atoms. The van der Waals surface area contributed by atoms with Crippen molar-refractivity contribution in [1.82, 2.24) is 5.32 Å². The molecule has 1 saturated carbocycles. The highest BCUT2D eigenvalue weighted by Crippen LogP contribution is 2.45. The fourth-order valence-electron chi connectivity index (χ4n) is 1.96. The number of carbonyl (C=O) groups excluding carboxylic acids is 1. The van der Waals surface area contributed by atoms with Gasteiger partial charge in [-0.2, -0.15) is 0 Å². The molecule has 0 aromatic carbocycles. The first-order valence-electron chi connectivity index (χ1n) is 8.08. The lowest BCUT2D eigenvalue weighted by Gasteiger charge is -2.51. The molecule has 0 radical (unpaired) electrons. The minimum Gasteiger partial charge on any atom is -0.462 e. The second-order valence-corrected chi connectivity index (χ2v) is 6.10. The Labute approximate surface area is 132 Å². The Bertz CT molecular complexity index is 223. The molecule has 0 bridgehead atoms. The van der Waals surface area contributed by atoms with Gasteiger partial charge in [-0.05, 0) is 45.6 Å². The van der Waals surface area contributed by atoms with Crippen LogP contribution in [0.1, 0.15) is 68.7 Å². The van der Waals surface area contributed by atoms with Crippen molar-refractivity contribution < 1.29 is 14.6 Å². The highest BCUT2D eigenvalue weighted by Gasteiger charge is 2.46. The average molecular weight is 306 g/mol. The van der Waals surface area contributed by atoms with Gasteiger partial charge >= 0.3 is 0 Å². The summed E-state index contributed by atoms with van der Waals surface area (Å²) < 4.78 is 4.55. The Morgan fingerprint density at radius 3 is 1.81 bits per heavy atom. The Balaban J connectivity index is -0.000000260. The Kier molecular flexibility index (Phi) is 15.8. The summed E-state index contributed by atoms with van der Waals surface area (Å²) in [6.07, 6.45) is 1.12. The van der Waals surface area contributed by atoms with Crippen molar-refractivity contribution in [2.75, 3.05) is 13.7 Å². The number of rotatable bonds is 3. The number of nitrogens with one attached hydrogen (secondary N) is 1. The summed E-state index contributed by atoms with van der Waals surface area (Å²) in [6.45, 7) is 18.7. The molecule has 0 aromatic rings. The molecule has 1 rings (SSSR count). The zero-order valence-corrected chi connectivity index (χ0v) is 15.9. The lowest BCUT2D eigenvalue weighted by atomic mass is 9.59. The van der Waals surface area contributed by atoms with Crippen LogP contribution in [0.2, 0.25) is 0 Å². The van der Waals surface area contributed by atoms with Gasteiger partial charge in [0.2, 0.25) is 0 Å². The van der Waals surface area contributed by atoms with Crippen LogP contribution < -0.4 is 5.32 Å². The Morgan fingerprint density at radius 1 is 1.24 bits per heavy atom. The van der Waals surface area contributed by atoms with E-state index in [9.17, 15) is 4.79 Å². The summed E-state index contributed by atoms with van der Waals surface area (Å²) in [5.41, 5.74) is -0.0226. The maximum Gasteiger partial charge on any atom is 0.293 e. The number of aliphatic hydroxyl groups is 1. The first kappa shape index (κ1) is 25.3. The van der Waals surface area contributed by atoms with Crippen LogP contribution in [0.25, 0.3) is 0 Å². The number of ether oxygens (including phenoxy) is 1. The van der Waals surface area contributed by atoms with E-state index in [0.717, 1.165) is 6.42 Å². The molecule has 0 unspecified atom stereocenters. The van der Waals surface area contributed by atoms with Gasteiger partial charge in [0.15, 0.2) is 0 Å². The smallest absolute Gasteiger partial charge is 0.293 e. The van der Waals surface area contributed by atoms with E-state index in [1.807, 2.05) is 55.5 Å². The van der Waals surface area contributed by atoms with E-state index in [4.69, 9.17) is 5.11 Å². The van der Waals surface area contributed by atoms with Crippen LogP contribution in [0.4, 0.5) is 0 Å². The number of hydrogen-bond donors (Lipinski definition) is 2. The second kappa shape index (κ2) is 13.1. The first-order chi connectivity index (χ1) is 9.69. The Hall–Kier alpha value is -0.610. The molecule has 4 heteroatoms. The van der Waals surface area contributed by atoms with Crippen LogP contribution in [-0.2, 0) is 9.53 Å². The molecular weight excluding hydrogens is 266 g/mol. The second-order valence-electron chi connectivity index (χ2n) is 6.10. The molecule has 4 nitrogen and oxygen atoms in total. The van der Waals surface area contributed by atoms with Crippen molar-refractivity contribution in [3.05, 3.63) is 0 Å². The van der Waals surface area contributed by atoms with Gasteiger partial charge in [-0.1, -0.05) is 41.5 Å². The molecule has 0 amide bonds. The van der Waals surface area contributed by atoms with E-state index in [2.05, 4.69) is 23.9 Å². The minimum absolute atomic E-state index is 0.295. The minimum atomic E-state index is -0.318. The highest BCUT2D eigenvalue weighted by molar-refractivity contribution is 5.37. The largest absolute Gasteiger partial charge is 0.462 e. The number of carbonyl (C=O) groups is 1. The molecule has 1 fully saturated rings. The third-order valence-electron chi connectivity index (χ3n) is 3.44. The number of hydrogen-bond acceptors (Lipinski definition) is 4. The SMILES string of the molecule is CC.CC.CC(C)(C)OC=O.CN[C@@H]1C[C@H](CO)C1(C)C. The predicted octanol–water partition coefficient (Wildman–Crippen LogP) is 3.62. The van der Waals surface area contributed by atoms with Crippen molar-refractivity contribution >= 4 is 6.47 Å². The normalized spacial score (nSPS) is 21.9. The average Bonchev–Trinajstić information content (AvgIpc) is 2.42. The molecule has 0 aromatic heterocycles. The van der Waals surface area contributed by atoms with E-state index in [1.54, 1.807) is 0 Å². The van der Waals surface area contributed by atoms with Gasteiger partial charge in [0.1, 0.15) is 5.60 Å². The van der Waals surface area contributed by atoms with Crippen molar-refractivity contribution in [2.24, 2.45) is 11.3 Å². The predicted molar refractivity (Wildman–Crippen MR) is 91.4 cm³/mol. The van der Waals surface area contributed by atoms with Gasteiger partial charge in [0.25, 0.3) is 6.47 Å². The third kappa shape index (κ3) is 10.7. The quantitative estimate of drug-likeness (QED) is 0.782. The molecule has 21 heavy (non-hydrogen) atoms. The molecule has 2 atom stereocenters. The van der Waals surface area contributed by atoms with Crippen molar-refractivity contribution in [3.8, 4) is 0 Å². The zero-order chi connectivity index (χ0) is 17.7. The Morgan fingerprint density at radius 2 is 1.67 bits per heavy atom. The van der Waals surface area contributed by atoms with E-state index in [-0.39, 0.29) is 5.60 Å². The standard InChI is InChI=1S/C8H17NO.C5H10O2.2C2H6/c1-8(2)6(5-10)4-7(8)9-3;1-5(2,3)7-4-6;2*1-2/h6-7,9-10H,4-5H2,1-3H3;4H,1-3H3;2*1-2H3/t6-,7-;;;/m1.../s1. The molecule has 0 saturated heterocycles. The summed E-state index contributed by atoms with van der Waals surface area (Å²) in [4.78, 5) is 9.60. The lowest BCUT2D eigenvalue weighted by Crippen LogP contribution is -2.56. The van der Waals surface area contributed by atoms with Gasteiger partial charge in [-0.25, -0.2) is 0 Å². The molecular formula is C17H39NO3. The van der Waals surface area contributed by atoms with Crippen molar-refractivity contribution in [1.29, 1.82) is 0 Å². The molecule has 130 valence electrons. The van der Waals surface area contributed by atoms with Gasteiger partial charge in [-0.3, -0.25) is 4.79 Å². The summed E-state index contributed by atoms with van der Waals surface area (Å²) in [6, 6.07) is 0.602. The molecule has 1 aliphatic rings. The van der Waals surface area contributed by atoms with Crippen LogP contribution in [0, 0.1) is 11.3 Å². The van der Waals surface area contributed by atoms with E-state index in [1.165, 1.54) is 0 Å². The zero-order valence-electron chi connectivity index (χ0n) is 15.9. The maximum atomic E-state index is 9.60. The molecule has 0 aliphatic heterocycles. The van der Waals surface area contributed by atoms with E-state index < -0.39 is 0 Å². The first-order valence-corrected chi connectivity index (χ1v) is 8.08. The highest BCUT2D eigenvalue weighted by atomic mass is 16.5. The monoisotopic (exact) mass is 305 g/mol. The fourth-order valence-corrected chi connectivity index (χ4v) is 1.96. The topological polar surface area (TPSA) is 58.6 Å². The van der Waals surface area contributed by atoms with Gasteiger partial charge in [0, 0.05) is 12.6 Å². The molecule has 1 aliphatic carbocycles. The fraction of sp³-hybridized carbons (Fsp3) is 0.941. The van der Waals surface area contributed by atoms with Crippen molar-refractivity contribution in [2.45, 2.75) is 80.4 Å². The maximum absolute atomic E-state index is 9.60. The number of aliphatic hydroxyl groups excluding tert-OH is 1. The van der Waals surface area contributed by atoms with Crippen LogP contribution in [0.5, 0.6) is 0 Å².